The standard InChI is InChI=1S/C19H18FN3O2S/c1-23-13-12-21-19(23)18(16-7-9-17(20)10-8-16)22-26(24,25)14-11-15-5-3-2-4-6-15/h2-14,18,22H,1H3. The number of hydrogen-bond acceptors (Lipinski definition) is 3. The summed E-state index contributed by atoms with van der Waals surface area (Å²) in [6.45, 7) is 0. The van der Waals surface area contributed by atoms with Crippen molar-refractivity contribution in [2.45, 2.75) is 6.04 Å². The number of benzene rings is 2. The fourth-order valence-corrected chi connectivity index (χ4v) is 3.50. The second-order valence-corrected chi connectivity index (χ2v) is 7.36. The van der Waals surface area contributed by atoms with Crippen LogP contribution >= 0.6 is 0 Å². The van der Waals surface area contributed by atoms with E-state index in [-0.39, 0.29) is 5.82 Å². The topological polar surface area (TPSA) is 64.0 Å². The summed E-state index contributed by atoms with van der Waals surface area (Å²) in [5.41, 5.74) is 1.37. The highest BCUT2D eigenvalue weighted by Gasteiger charge is 2.23. The number of aryl methyl sites for hydroxylation is 1. The van der Waals surface area contributed by atoms with E-state index in [1.807, 2.05) is 30.3 Å². The molecular weight excluding hydrogens is 353 g/mol. The van der Waals surface area contributed by atoms with E-state index in [0.717, 1.165) is 11.0 Å². The first-order valence-electron chi connectivity index (χ1n) is 7.93. The van der Waals surface area contributed by atoms with Crippen LogP contribution in [0.4, 0.5) is 4.39 Å². The molecule has 1 atom stereocenters. The quantitative estimate of drug-likeness (QED) is 0.723. The van der Waals surface area contributed by atoms with Crippen LogP contribution in [0.5, 0.6) is 0 Å². The van der Waals surface area contributed by atoms with E-state index in [9.17, 15) is 12.8 Å². The Hall–Kier alpha value is -2.77. The lowest BCUT2D eigenvalue weighted by molar-refractivity contribution is 0.571. The Labute approximate surface area is 151 Å². The number of halogens is 1. The maximum atomic E-state index is 13.2. The first-order chi connectivity index (χ1) is 12.4. The van der Waals surface area contributed by atoms with Crippen molar-refractivity contribution in [3.8, 4) is 0 Å². The largest absolute Gasteiger partial charge is 0.336 e. The zero-order valence-corrected chi connectivity index (χ0v) is 14.9. The van der Waals surface area contributed by atoms with E-state index in [4.69, 9.17) is 0 Å². The van der Waals surface area contributed by atoms with Gasteiger partial charge < -0.3 is 4.57 Å². The third kappa shape index (κ3) is 4.44. The van der Waals surface area contributed by atoms with Crippen LogP contribution < -0.4 is 4.72 Å². The van der Waals surface area contributed by atoms with Gasteiger partial charge in [-0.3, -0.25) is 0 Å². The Morgan fingerprint density at radius 1 is 1.12 bits per heavy atom. The highest BCUT2D eigenvalue weighted by molar-refractivity contribution is 7.92. The second kappa shape index (κ2) is 7.63. The maximum absolute atomic E-state index is 13.2. The minimum Gasteiger partial charge on any atom is -0.336 e. The number of rotatable bonds is 6. The number of hydrogen-bond donors (Lipinski definition) is 1. The summed E-state index contributed by atoms with van der Waals surface area (Å²) in [6, 6.07) is 14.1. The van der Waals surface area contributed by atoms with Crippen LogP contribution in [-0.2, 0) is 17.1 Å². The minimum atomic E-state index is -3.76. The van der Waals surface area contributed by atoms with Gasteiger partial charge in [0.25, 0.3) is 0 Å². The fraction of sp³-hybridized carbons (Fsp3) is 0.105. The van der Waals surface area contributed by atoms with Gasteiger partial charge in [0.1, 0.15) is 17.7 Å². The Balaban J connectivity index is 1.91. The highest BCUT2D eigenvalue weighted by atomic mass is 32.2. The first kappa shape index (κ1) is 18.0. The lowest BCUT2D eigenvalue weighted by Crippen LogP contribution is -2.29. The van der Waals surface area contributed by atoms with Gasteiger partial charge in [0.15, 0.2) is 0 Å². The molecule has 1 N–H and O–H groups in total. The lowest BCUT2D eigenvalue weighted by Gasteiger charge is -2.18. The van der Waals surface area contributed by atoms with E-state index in [2.05, 4.69) is 9.71 Å². The van der Waals surface area contributed by atoms with Crippen molar-refractivity contribution in [2.75, 3.05) is 0 Å². The lowest BCUT2D eigenvalue weighted by atomic mass is 10.1. The van der Waals surface area contributed by atoms with Crippen molar-refractivity contribution < 1.29 is 12.8 Å². The molecule has 0 aliphatic carbocycles. The SMILES string of the molecule is Cn1ccnc1C(NS(=O)(=O)C=Cc1ccccc1)c1ccc(F)cc1. The van der Waals surface area contributed by atoms with E-state index in [1.54, 1.807) is 24.0 Å². The Kier molecular flexibility index (Phi) is 5.29. The number of sulfonamides is 1. The predicted molar refractivity (Wildman–Crippen MR) is 99.0 cm³/mol. The molecule has 0 saturated heterocycles. The average molecular weight is 371 g/mol. The van der Waals surface area contributed by atoms with Crippen molar-refractivity contribution in [3.63, 3.8) is 0 Å². The number of imidazole rings is 1. The van der Waals surface area contributed by atoms with Crippen LogP contribution in [0.25, 0.3) is 6.08 Å². The van der Waals surface area contributed by atoms with Crippen molar-refractivity contribution in [2.24, 2.45) is 7.05 Å². The van der Waals surface area contributed by atoms with Gasteiger partial charge in [0.05, 0.1) is 0 Å². The average Bonchev–Trinajstić information content (AvgIpc) is 3.06. The van der Waals surface area contributed by atoms with E-state index < -0.39 is 16.1 Å². The molecule has 3 aromatic rings. The molecule has 26 heavy (non-hydrogen) atoms. The molecule has 0 spiro atoms. The van der Waals surface area contributed by atoms with Gasteiger partial charge in [0, 0.05) is 24.8 Å². The van der Waals surface area contributed by atoms with Gasteiger partial charge in [-0.2, -0.15) is 4.72 Å². The van der Waals surface area contributed by atoms with Gasteiger partial charge in [-0.15, -0.1) is 0 Å². The van der Waals surface area contributed by atoms with Crippen LogP contribution in [0.3, 0.4) is 0 Å². The summed E-state index contributed by atoms with van der Waals surface area (Å²) in [4.78, 5) is 4.24. The molecule has 1 heterocycles. The second-order valence-electron chi connectivity index (χ2n) is 5.76. The van der Waals surface area contributed by atoms with Gasteiger partial charge in [0.2, 0.25) is 10.0 Å². The van der Waals surface area contributed by atoms with Crippen molar-refractivity contribution in [1.29, 1.82) is 0 Å². The molecule has 0 amide bonds. The summed E-state index contributed by atoms with van der Waals surface area (Å²) >= 11 is 0. The van der Waals surface area contributed by atoms with Crippen LogP contribution in [-0.4, -0.2) is 18.0 Å². The van der Waals surface area contributed by atoms with E-state index in [1.165, 1.54) is 30.3 Å². The zero-order chi connectivity index (χ0) is 18.6. The molecule has 0 aliphatic rings. The van der Waals surface area contributed by atoms with Gasteiger partial charge in [-0.05, 0) is 29.3 Å². The summed E-state index contributed by atoms with van der Waals surface area (Å²) in [5.74, 6) is 0.118. The predicted octanol–water partition coefficient (Wildman–Crippen LogP) is 3.24. The number of nitrogens with one attached hydrogen (secondary N) is 1. The number of nitrogens with zero attached hydrogens (tertiary/aromatic N) is 2. The van der Waals surface area contributed by atoms with Crippen molar-refractivity contribution in [1.82, 2.24) is 14.3 Å². The third-order valence-electron chi connectivity index (χ3n) is 3.84. The minimum absolute atomic E-state index is 0.390. The molecule has 2 aromatic carbocycles. The molecule has 5 nitrogen and oxygen atoms in total. The van der Waals surface area contributed by atoms with Gasteiger partial charge in [-0.1, -0.05) is 42.5 Å². The number of aromatic nitrogens is 2. The maximum Gasteiger partial charge on any atom is 0.234 e. The molecule has 1 aromatic heterocycles. The van der Waals surface area contributed by atoms with Gasteiger partial charge >= 0.3 is 0 Å². The van der Waals surface area contributed by atoms with Crippen LogP contribution in [0.15, 0.2) is 72.4 Å². The molecule has 1 unspecified atom stereocenters. The molecule has 0 fully saturated rings. The van der Waals surface area contributed by atoms with Crippen LogP contribution in [0.2, 0.25) is 0 Å². The fourth-order valence-electron chi connectivity index (χ4n) is 2.52. The Bertz CT molecular complexity index is 997. The summed E-state index contributed by atoms with van der Waals surface area (Å²) < 4.78 is 42.7. The highest BCUT2D eigenvalue weighted by Crippen LogP contribution is 2.22. The molecular formula is C19H18FN3O2S. The van der Waals surface area contributed by atoms with Crippen molar-refractivity contribution >= 4 is 16.1 Å². The van der Waals surface area contributed by atoms with Crippen LogP contribution in [0, 0.1) is 5.82 Å². The Morgan fingerprint density at radius 2 is 1.81 bits per heavy atom. The van der Waals surface area contributed by atoms with Crippen molar-refractivity contribution in [3.05, 3.63) is 95.2 Å². The summed E-state index contributed by atoms with van der Waals surface area (Å²) in [6.07, 6.45) is 4.82. The molecule has 7 heteroatoms. The summed E-state index contributed by atoms with van der Waals surface area (Å²) in [7, 11) is -1.99. The molecule has 0 aliphatic heterocycles. The van der Waals surface area contributed by atoms with Crippen LogP contribution in [0.1, 0.15) is 23.0 Å². The molecule has 0 radical (unpaired) electrons. The normalized spacial score (nSPS) is 13.2. The third-order valence-corrected chi connectivity index (χ3v) is 4.90. The molecule has 0 bridgehead atoms. The zero-order valence-electron chi connectivity index (χ0n) is 14.1. The van der Waals surface area contributed by atoms with E-state index >= 15 is 0 Å². The van der Waals surface area contributed by atoms with Gasteiger partial charge in [-0.25, -0.2) is 17.8 Å². The monoisotopic (exact) mass is 371 g/mol. The molecule has 134 valence electrons. The van der Waals surface area contributed by atoms with E-state index in [0.29, 0.717) is 11.4 Å². The first-order valence-corrected chi connectivity index (χ1v) is 9.47. The smallest absolute Gasteiger partial charge is 0.234 e. The summed E-state index contributed by atoms with van der Waals surface area (Å²) in [5, 5.41) is 1.11. The molecule has 3 rings (SSSR count). The Morgan fingerprint density at radius 3 is 2.42 bits per heavy atom. The molecule has 0 saturated carbocycles.